The first-order chi connectivity index (χ1) is 12.2. The zero-order valence-corrected chi connectivity index (χ0v) is 14.8. The number of anilines is 1. The average molecular weight is 358 g/mol. The summed E-state index contributed by atoms with van der Waals surface area (Å²) in [7, 11) is 0. The summed E-state index contributed by atoms with van der Waals surface area (Å²) in [5, 5.41) is 9.30. The van der Waals surface area contributed by atoms with Crippen LogP contribution >= 0.6 is 11.3 Å². The van der Waals surface area contributed by atoms with Gasteiger partial charge in [-0.15, -0.1) is 0 Å². The van der Waals surface area contributed by atoms with E-state index in [1.54, 1.807) is 17.5 Å². The molecule has 2 aromatic heterocycles. The molecule has 7 heteroatoms. The second-order valence-electron chi connectivity index (χ2n) is 6.17. The molecule has 2 amide bonds. The topological polar surface area (TPSA) is 74.3 Å². The largest absolute Gasteiger partial charge is 0.370 e. The van der Waals surface area contributed by atoms with Crippen LogP contribution in [0, 0.1) is 5.92 Å². The average Bonchev–Trinajstić information content (AvgIpc) is 3.19. The van der Waals surface area contributed by atoms with Crippen molar-refractivity contribution in [1.82, 2.24) is 15.6 Å². The highest BCUT2D eigenvalue weighted by Crippen LogP contribution is 2.21. The van der Waals surface area contributed by atoms with Gasteiger partial charge in [0.05, 0.1) is 11.9 Å². The Morgan fingerprint density at radius 2 is 2.00 bits per heavy atom. The molecule has 0 bridgehead atoms. The minimum absolute atomic E-state index is 0.388. The Bertz CT molecular complexity index is 682. The van der Waals surface area contributed by atoms with Gasteiger partial charge in [-0.1, -0.05) is 0 Å². The molecule has 0 aliphatic carbocycles. The van der Waals surface area contributed by atoms with E-state index >= 15 is 0 Å². The van der Waals surface area contributed by atoms with Crippen molar-refractivity contribution in [3.05, 3.63) is 46.9 Å². The Morgan fingerprint density at radius 3 is 2.68 bits per heavy atom. The molecule has 0 unspecified atom stereocenters. The fraction of sp³-hybridized carbons (Fsp3) is 0.389. The van der Waals surface area contributed by atoms with Crippen LogP contribution in [0.4, 0.5) is 5.69 Å². The second-order valence-corrected chi connectivity index (χ2v) is 6.95. The normalized spacial score (nSPS) is 15.0. The smallest absolute Gasteiger partial charge is 0.309 e. The minimum Gasteiger partial charge on any atom is -0.370 e. The summed E-state index contributed by atoms with van der Waals surface area (Å²) in [5.41, 5.74) is 2.15. The van der Waals surface area contributed by atoms with Gasteiger partial charge in [0, 0.05) is 32.4 Å². The number of nitrogens with one attached hydrogen (secondary N) is 2. The van der Waals surface area contributed by atoms with Crippen LogP contribution < -0.4 is 15.5 Å². The molecule has 1 fully saturated rings. The van der Waals surface area contributed by atoms with E-state index in [4.69, 9.17) is 0 Å². The Morgan fingerprint density at radius 1 is 1.20 bits per heavy atom. The van der Waals surface area contributed by atoms with E-state index in [9.17, 15) is 9.59 Å². The van der Waals surface area contributed by atoms with Crippen LogP contribution in [-0.2, 0) is 16.1 Å². The lowest BCUT2D eigenvalue weighted by molar-refractivity contribution is -0.139. The maximum absolute atomic E-state index is 11.9. The first-order valence-corrected chi connectivity index (χ1v) is 9.39. The van der Waals surface area contributed by atoms with Gasteiger partial charge in [0.25, 0.3) is 0 Å². The van der Waals surface area contributed by atoms with Crippen molar-refractivity contribution in [3.8, 4) is 0 Å². The number of carbonyl (C=O) groups is 2. The van der Waals surface area contributed by atoms with Gasteiger partial charge in [0.2, 0.25) is 0 Å². The van der Waals surface area contributed by atoms with Crippen molar-refractivity contribution in [1.29, 1.82) is 0 Å². The highest BCUT2D eigenvalue weighted by atomic mass is 32.1. The number of amides is 2. The lowest BCUT2D eigenvalue weighted by Gasteiger charge is -2.33. The number of aromatic nitrogens is 1. The van der Waals surface area contributed by atoms with E-state index in [0.717, 1.165) is 37.2 Å². The molecular weight excluding hydrogens is 336 g/mol. The standard InChI is InChI=1S/C18H22N4O2S/c23-17(18(24)21-11-15-5-9-25-13-15)20-10-14-3-7-22(8-4-14)16-2-1-6-19-12-16/h1-2,5-6,9,12-14H,3-4,7-8,10-11H2,(H,20,23)(H,21,24). The number of rotatable bonds is 5. The first-order valence-electron chi connectivity index (χ1n) is 8.44. The summed E-state index contributed by atoms with van der Waals surface area (Å²) in [6.07, 6.45) is 5.63. The number of piperidine rings is 1. The maximum Gasteiger partial charge on any atom is 0.309 e. The van der Waals surface area contributed by atoms with Crippen LogP contribution in [0.5, 0.6) is 0 Å². The molecule has 132 valence electrons. The maximum atomic E-state index is 11.9. The van der Waals surface area contributed by atoms with Crippen LogP contribution in [0.2, 0.25) is 0 Å². The van der Waals surface area contributed by atoms with Crippen molar-refractivity contribution in [3.63, 3.8) is 0 Å². The van der Waals surface area contributed by atoms with Crippen LogP contribution in [0.15, 0.2) is 41.4 Å². The summed E-state index contributed by atoms with van der Waals surface area (Å²) < 4.78 is 0. The third-order valence-corrected chi connectivity index (χ3v) is 5.15. The number of hydrogen-bond donors (Lipinski definition) is 2. The molecule has 0 radical (unpaired) electrons. The van der Waals surface area contributed by atoms with Crippen molar-refractivity contribution >= 4 is 28.8 Å². The number of thiophene rings is 1. The number of hydrogen-bond acceptors (Lipinski definition) is 5. The van der Waals surface area contributed by atoms with Crippen LogP contribution in [0.3, 0.4) is 0 Å². The monoisotopic (exact) mass is 358 g/mol. The summed E-state index contributed by atoms with van der Waals surface area (Å²) in [6, 6.07) is 5.93. The Hall–Kier alpha value is -2.41. The van der Waals surface area contributed by atoms with E-state index in [1.165, 1.54) is 0 Å². The highest BCUT2D eigenvalue weighted by molar-refractivity contribution is 7.07. The minimum atomic E-state index is -0.570. The Labute approximate surface area is 151 Å². The molecule has 2 aromatic rings. The fourth-order valence-electron chi connectivity index (χ4n) is 2.91. The van der Waals surface area contributed by atoms with Crippen LogP contribution in [-0.4, -0.2) is 36.4 Å². The molecule has 3 rings (SSSR count). The molecule has 6 nitrogen and oxygen atoms in total. The van der Waals surface area contributed by atoms with Gasteiger partial charge in [0.1, 0.15) is 0 Å². The number of carbonyl (C=O) groups excluding carboxylic acids is 2. The number of nitrogens with zero attached hydrogens (tertiary/aromatic N) is 2. The molecule has 0 atom stereocenters. The molecule has 25 heavy (non-hydrogen) atoms. The van der Waals surface area contributed by atoms with E-state index in [-0.39, 0.29) is 0 Å². The molecule has 0 saturated carbocycles. The van der Waals surface area contributed by atoms with Gasteiger partial charge in [-0.25, -0.2) is 0 Å². The summed E-state index contributed by atoms with van der Waals surface area (Å²) in [5.74, 6) is -0.717. The van der Waals surface area contributed by atoms with Gasteiger partial charge < -0.3 is 15.5 Å². The Kier molecular flexibility index (Phi) is 6.00. The van der Waals surface area contributed by atoms with E-state index in [2.05, 4.69) is 26.6 Å². The molecule has 3 heterocycles. The van der Waals surface area contributed by atoms with Crippen LogP contribution in [0.25, 0.3) is 0 Å². The van der Waals surface area contributed by atoms with E-state index in [1.807, 2.05) is 29.1 Å². The molecule has 2 N–H and O–H groups in total. The SMILES string of the molecule is O=C(NCc1ccsc1)C(=O)NCC1CCN(c2cccnc2)CC1. The van der Waals surface area contributed by atoms with Crippen molar-refractivity contribution in [2.24, 2.45) is 5.92 Å². The summed E-state index contributed by atoms with van der Waals surface area (Å²) in [4.78, 5) is 30.2. The molecule has 1 saturated heterocycles. The first kappa shape index (κ1) is 17.4. The zero-order chi connectivity index (χ0) is 17.5. The third-order valence-electron chi connectivity index (χ3n) is 4.42. The quantitative estimate of drug-likeness (QED) is 0.799. The zero-order valence-electron chi connectivity index (χ0n) is 14.0. The van der Waals surface area contributed by atoms with E-state index in [0.29, 0.717) is 19.0 Å². The molecule has 0 aromatic carbocycles. The lowest BCUT2D eigenvalue weighted by Crippen LogP contribution is -2.43. The molecule has 1 aliphatic heterocycles. The molecule has 0 spiro atoms. The van der Waals surface area contributed by atoms with Crippen molar-refractivity contribution in [2.45, 2.75) is 19.4 Å². The fourth-order valence-corrected chi connectivity index (χ4v) is 3.58. The molecular formula is C18H22N4O2S. The highest BCUT2D eigenvalue weighted by Gasteiger charge is 2.21. The van der Waals surface area contributed by atoms with Gasteiger partial charge in [-0.05, 0) is 53.3 Å². The predicted molar refractivity (Wildman–Crippen MR) is 98.3 cm³/mol. The van der Waals surface area contributed by atoms with Crippen LogP contribution in [0.1, 0.15) is 18.4 Å². The van der Waals surface area contributed by atoms with E-state index < -0.39 is 11.8 Å². The van der Waals surface area contributed by atoms with Gasteiger partial charge in [-0.2, -0.15) is 11.3 Å². The van der Waals surface area contributed by atoms with Gasteiger partial charge in [0.15, 0.2) is 0 Å². The second kappa shape index (κ2) is 8.62. The summed E-state index contributed by atoms with van der Waals surface area (Å²) >= 11 is 1.57. The van der Waals surface area contributed by atoms with Gasteiger partial charge in [-0.3, -0.25) is 14.6 Å². The Balaban J connectivity index is 1.36. The lowest BCUT2D eigenvalue weighted by atomic mass is 9.96. The molecule has 1 aliphatic rings. The van der Waals surface area contributed by atoms with Crippen molar-refractivity contribution in [2.75, 3.05) is 24.5 Å². The third kappa shape index (κ3) is 5.03. The summed E-state index contributed by atoms with van der Waals surface area (Å²) in [6.45, 7) is 2.82. The van der Waals surface area contributed by atoms with Gasteiger partial charge >= 0.3 is 11.8 Å². The predicted octanol–water partition coefficient (Wildman–Crippen LogP) is 1.79. The number of pyridine rings is 1. The van der Waals surface area contributed by atoms with Crippen molar-refractivity contribution < 1.29 is 9.59 Å².